The number of piperazine rings is 1. The van der Waals surface area contributed by atoms with Gasteiger partial charge in [-0.15, -0.1) is 0 Å². The molecule has 0 unspecified atom stereocenters. The number of hydrogen-bond donors (Lipinski definition) is 2. The Morgan fingerprint density at radius 2 is 1.59 bits per heavy atom. The standard InChI is InChI=1S/C25H27N5.C2H6/c1-16-14-27-17(2)12-22(16)25-18(3)21-6-4-19(13-23(21)29-25)20-5-7-24(28-15-20)30-10-8-26-9-11-30;1-2/h4-7,12-15,26,29H,8-11H2,1-3H3;1-2H3. The lowest BCUT2D eigenvalue weighted by molar-refractivity contribution is 0.585. The van der Waals surface area contributed by atoms with Crippen molar-refractivity contribution in [2.75, 3.05) is 31.1 Å². The first kappa shape index (κ1) is 22.0. The molecule has 0 radical (unpaired) electrons. The van der Waals surface area contributed by atoms with Crippen LogP contribution in [0.2, 0.25) is 0 Å². The molecule has 5 nitrogen and oxygen atoms in total. The van der Waals surface area contributed by atoms with Gasteiger partial charge in [-0.05, 0) is 61.7 Å². The molecule has 1 aliphatic rings. The lowest BCUT2D eigenvalue weighted by Gasteiger charge is -2.28. The van der Waals surface area contributed by atoms with Crippen LogP contribution in [-0.2, 0) is 0 Å². The van der Waals surface area contributed by atoms with Gasteiger partial charge in [0, 0.05) is 72.0 Å². The number of rotatable bonds is 3. The number of aromatic nitrogens is 3. The van der Waals surface area contributed by atoms with Crippen LogP contribution >= 0.6 is 0 Å². The van der Waals surface area contributed by atoms with Crippen molar-refractivity contribution in [1.82, 2.24) is 20.3 Å². The van der Waals surface area contributed by atoms with Crippen molar-refractivity contribution in [3.05, 3.63) is 65.6 Å². The third-order valence-corrected chi connectivity index (χ3v) is 6.09. The van der Waals surface area contributed by atoms with Crippen LogP contribution in [-0.4, -0.2) is 41.1 Å². The summed E-state index contributed by atoms with van der Waals surface area (Å²) in [6.45, 7) is 14.4. The van der Waals surface area contributed by atoms with E-state index in [4.69, 9.17) is 4.98 Å². The number of nitrogens with zero attached hydrogens (tertiary/aromatic N) is 3. The molecule has 1 fully saturated rings. The highest BCUT2D eigenvalue weighted by Gasteiger charge is 2.14. The molecule has 2 N–H and O–H groups in total. The number of fused-ring (bicyclic) bond motifs is 1. The van der Waals surface area contributed by atoms with Crippen molar-refractivity contribution in [1.29, 1.82) is 0 Å². The molecule has 32 heavy (non-hydrogen) atoms. The first-order valence-corrected chi connectivity index (χ1v) is 11.6. The Bertz CT molecular complexity index is 1200. The molecule has 0 spiro atoms. The summed E-state index contributed by atoms with van der Waals surface area (Å²) in [5.74, 6) is 1.06. The van der Waals surface area contributed by atoms with Crippen molar-refractivity contribution in [2.45, 2.75) is 34.6 Å². The summed E-state index contributed by atoms with van der Waals surface area (Å²) in [7, 11) is 0. The minimum absolute atomic E-state index is 1.01. The smallest absolute Gasteiger partial charge is 0.128 e. The summed E-state index contributed by atoms with van der Waals surface area (Å²) < 4.78 is 0. The van der Waals surface area contributed by atoms with E-state index in [1.54, 1.807) is 0 Å². The molecule has 0 atom stereocenters. The van der Waals surface area contributed by atoms with Gasteiger partial charge in [0.15, 0.2) is 0 Å². The highest BCUT2D eigenvalue weighted by molar-refractivity contribution is 5.93. The van der Waals surface area contributed by atoms with Gasteiger partial charge in [-0.25, -0.2) is 4.98 Å². The highest BCUT2D eigenvalue weighted by atomic mass is 15.2. The number of aromatic amines is 1. The van der Waals surface area contributed by atoms with E-state index in [1.165, 1.54) is 33.3 Å². The van der Waals surface area contributed by atoms with Crippen molar-refractivity contribution in [3.63, 3.8) is 0 Å². The molecule has 1 aromatic carbocycles. The summed E-state index contributed by atoms with van der Waals surface area (Å²) in [5, 5.41) is 4.64. The van der Waals surface area contributed by atoms with Crippen LogP contribution in [0.3, 0.4) is 0 Å². The van der Waals surface area contributed by atoms with Crippen LogP contribution in [0.15, 0.2) is 48.8 Å². The molecule has 5 heteroatoms. The molecule has 3 aromatic heterocycles. The Morgan fingerprint density at radius 3 is 2.31 bits per heavy atom. The van der Waals surface area contributed by atoms with Gasteiger partial charge in [-0.3, -0.25) is 4.98 Å². The summed E-state index contributed by atoms with van der Waals surface area (Å²) in [4.78, 5) is 15.1. The Labute approximate surface area is 190 Å². The number of benzene rings is 1. The monoisotopic (exact) mass is 427 g/mol. The molecule has 1 saturated heterocycles. The normalized spacial score (nSPS) is 13.7. The number of H-pyrrole nitrogens is 1. The Kier molecular flexibility index (Phi) is 6.56. The molecule has 0 amide bonds. The molecule has 0 aliphatic carbocycles. The average Bonchev–Trinajstić information content (AvgIpc) is 3.18. The number of aryl methyl sites for hydroxylation is 3. The zero-order valence-corrected chi connectivity index (χ0v) is 19.8. The fraction of sp³-hybridized carbons (Fsp3) is 0.333. The topological polar surface area (TPSA) is 56.8 Å². The van der Waals surface area contributed by atoms with Crippen molar-refractivity contribution in [2.24, 2.45) is 0 Å². The maximum absolute atomic E-state index is 4.73. The van der Waals surface area contributed by atoms with Gasteiger partial charge in [0.2, 0.25) is 0 Å². The van der Waals surface area contributed by atoms with Gasteiger partial charge in [0.05, 0.1) is 0 Å². The molecule has 4 aromatic rings. The summed E-state index contributed by atoms with van der Waals surface area (Å²) in [6, 6.07) is 13.1. The second-order valence-corrected chi connectivity index (χ2v) is 8.17. The third kappa shape index (κ3) is 4.26. The number of hydrogen-bond acceptors (Lipinski definition) is 4. The Hall–Kier alpha value is -3.18. The van der Waals surface area contributed by atoms with Crippen molar-refractivity contribution in [3.8, 4) is 22.4 Å². The average molecular weight is 428 g/mol. The summed E-state index contributed by atoms with van der Waals surface area (Å²) in [5.41, 5.74) is 9.36. The molecular weight excluding hydrogens is 394 g/mol. The third-order valence-electron chi connectivity index (χ3n) is 6.09. The highest BCUT2D eigenvalue weighted by Crippen LogP contribution is 2.34. The second kappa shape index (κ2) is 9.53. The minimum Gasteiger partial charge on any atom is -0.354 e. The van der Waals surface area contributed by atoms with Crippen LogP contribution in [0.5, 0.6) is 0 Å². The van der Waals surface area contributed by atoms with Crippen LogP contribution in [0.4, 0.5) is 5.82 Å². The number of nitrogens with one attached hydrogen (secondary N) is 2. The molecule has 0 saturated carbocycles. The predicted molar refractivity (Wildman–Crippen MR) is 135 cm³/mol. The van der Waals surface area contributed by atoms with E-state index in [1.807, 2.05) is 33.2 Å². The Morgan fingerprint density at radius 1 is 0.844 bits per heavy atom. The van der Waals surface area contributed by atoms with E-state index in [-0.39, 0.29) is 0 Å². The fourth-order valence-corrected chi connectivity index (χ4v) is 4.32. The molecule has 0 bridgehead atoms. The second-order valence-electron chi connectivity index (χ2n) is 8.17. The van der Waals surface area contributed by atoms with Crippen molar-refractivity contribution < 1.29 is 0 Å². The SMILES string of the molecule is CC.Cc1cc(-c2[nH]c3cc(-c4ccc(N5CCNCC5)nc4)ccc3c2C)c(C)cn1. The van der Waals surface area contributed by atoms with E-state index < -0.39 is 0 Å². The van der Waals surface area contributed by atoms with E-state index in [2.05, 4.69) is 70.4 Å². The van der Waals surface area contributed by atoms with Gasteiger partial charge in [0.1, 0.15) is 5.82 Å². The minimum atomic E-state index is 1.01. The van der Waals surface area contributed by atoms with Gasteiger partial charge in [-0.1, -0.05) is 26.0 Å². The molecule has 1 aliphatic heterocycles. The van der Waals surface area contributed by atoms with Crippen LogP contribution < -0.4 is 10.2 Å². The fourth-order valence-electron chi connectivity index (χ4n) is 4.32. The number of pyridine rings is 2. The zero-order chi connectivity index (χ0) is 22.7. The van der Waals surface area contributed by atoms with Gasteiger partial charge in [0.25, 0.3) is 0 Å². The van der Waals surface area contributed by atoms with Gasteiger partial charge in [-0.2, -0.15) is 0 Å². The predicted octanol–water partition coefficient (Wildman–Crippen LogP) is 5.65. The molecular formula is C27H33N5. The Balaban J connectivity index is 0.00000119. The number of anilines is 1. The van der Waals surface area contributed by atoms with Gasteiger partial charge >= 0.3 is 0 Å². The molecule has 4 heterocycles. The molecule has 5 rings (SSSR count). The van der Waals surface area contributed by atoms with Gasteiger partial charge < -0.3 is 15.2 Å². The van der Waals surface area contributed by atoms with E-state index in [9.17, 15) is 0 Å². The van der Waals surface area contributed by atoms with E-state index in [0.717, 1.165) is 48.8 Å². The maximum atomic E-state index is 4.73. The zero-order valence-electron chi connectivity index (χ0n) is 19.8. The van der Waals surface area contributed by atoms with Crippen LogP contribution in [0.1, 0.15) is 30.7 Å². The summed E-state index contributed by atoms with van der Waals surface area (Å²) in [6.07, 6.45) is 3.94. The van der Waals surface area contributed by atoms with Crippen LogP contribution in [0.25, 0.3) is 33.3 Å². The molecule has 166 valence electrons. The first-order chi connectivity index (χ1) is 15.6. The van der Waals surface area contributed by atoms with E-state index in [0.29, 0.717) is 0 Å². The van der Waals surface area contributed by atoms with E-state index >= 15 is 0 Å². The lowest BCUT2D eigenvalue weighted by atomic mass is 10.0. The first-order valence-electron chi connectivity index (χ1n) is 11.6. The van der Waals surface area contributed by atoms with Crippen molar-refractivity contribution >= 4 is 16.7 Å². The lowest BCUT2D eigenvalue weighted by Crippen LogP contribution is -2.43. The summed E-state index contributed by atoms with van der Waals surface area (Å²) >= 11 is 0. The maximum Gasteiger partial charge on any atom is 0.128 e. The largest absolute Gasteiger partial charge is 0.354 e. The quantitative estimate of drug-likeness (QED) is 0.443. The van der Waals surface area contributed by atoms with Crippen LogP contribution in [0, 0.1) is 20.8 Å².